The highest BCUT2D eigenvalue weighted by atomic mass is 35.5. The number of benzene rings is 2. The van der Waals surface area contributed by atoms with Gasteiger partial charge in [-0.15, -0.1) is 8.78 Å². The van der Waals surface area contributed by atoms with Gasteiger partial charge in [0, 0.05) is 78.8 Å². The van der Waals surface area contributed by atoms with E-state index in [0.29, 0.717) is 42.1 Å². The number of ether oxygens (including phenoxy) is 1. The van der Waals surface area contributed by atoms with Gasteiger partial charge in [-0.3, -0.25) is 39.5 Å². The number of amides is 4. The van der Waals surface area contributed by atoms with E-state index >= 15 is 4.39 Å². The van der Waals surface area contributed by atoms with E-state index in [1.54, 1.807) is 18.3 Å². The van der Waals surface area contributed by atoms with Crippen molar-refractivity contribution in [2.45, 2.75) is 56.4 Å². The van der Waals surface area contributed by atoms with Gasteiger partial charge in [0.2, 0.25) is 17.7 Å². The van der Waals surface area contributed by atoms with Gasteiger partial charge in [-0.2, -0.15) is 5.10 Å². The zero-order valence-electron chi connectivity index (χ0n) is 28.6. The van der Waals surface area contributed by atoms with Crippen molar-refractivity contribution in [2.75, 3.05) is 32.0 Å². The van der Waals surface area contributed by atoms with Crippen LogP contribution in [0.25, 0.3) is 5.57 Å². The molecule has 4 aliphatic rings. The number of hydrogen-bond acceptors (Lipinski definition) is 9. The molecule has 0 bridgehead atoms. The molecule has 7 rings (SSSR count). The van der Waals surface area contributed by atoms with Gasteiger partial charge in [-0.25, -0.2) is 4.39 Å². The van der Waals surface area contributed by atoms with E-state index in [2.05, 4.69) is 35.4 Å². The molecule has 278 valence electrons. The number of aromatic nitrogens is 2. The second-order valence-corrected chi connectivity index (χ2v) is 14.0. The lowest BCUT2D eigenvalue weighted by atomic mass is 9.96. The summed E-state index contributed by atoms with van der Waals surface area (Å²) in [5.74, 6) is -2.14. The first-order chi connectivity index (χ1) is 25.3. The molecule has 2 saturated heterocycles. The fourth-order valence-electron chi connectivity index (χ4n) is 7.30. The Balaban J connectivity index is 0.968. The summed E-state index contributed by atoms with van der Waals surface area (Å²) in [5.41, 5.74) is -0.678. The molecule has 0 spiro atoms. The van der Waals surface area contributed by atoms with Crippen molar-refractivity contribution in [1.29, 1.82) is 0 Å². The van der Waals surface area contributed by atoms with Gasteiger partial charge in [-0.1, -0.05) is 6.08 Å². The van der Waals surface area contributed by atoms with Crippen molar-refractivity contribution in [3.8, 4) is 5.75 Å². The number of dihydropyridines is 1. The molecule has 3 N–H and O–H groups in total. The van der Waals surface area contributed by atoms with E-state index < -0.39 is 35.2 Å². The minimum absolute atomic E-state index is 0.135. The zero-order chi connectivity index (χ0) is 37.4. The number of hydrogen-bond donors (Lipinski definition) is 3. The number of nitrogens with one attached hydrogen (secondary N) is 3. The minimum Gasteiger partial charge on any atom is -0.420 e. The number of H-pyrrole nitrogens is 1. The Morgan fingerprint density at radius 1 is 1.11 bits per heavy atom. The summed E-state index contributed by atoms with van der Waals surface area (Å²) in [7, 11) is 1.94. The van der Waals surface area contributed by atoms with Crippen LogP contribution in [-0.2, 0) is 27.5 Å². The Morgan fingerprint density at radius 2 is 1.87 bits per heavy atom. The van der Waals surface area contributed by atoms with E-state index in [1.807, 2.05) is 13.1 Å². The maximum absolute atomic E-state index is 15.4. The summed E-state index contributed by atoms with van der Waals surface area (Å²) in [6.07, 6.45) is 5.37. The van der Waals surface area contributed by atoms with Gasteiger partial charge < -0.3 is 19.9 Å². The molecule has 2 aromatic carbocycles. The average molecular weight is 753 g/mol. The van der Waals surface area contributed by atoms with Crippen LogP contribution in [0.3, 0.4) is 0 Å². The van der Waals surface area contributed by atoms with E-state index in [9.17, 15) is 28.0 Å². The number of nitrogens with zero attached hydrogens (tertiary/aromatic N) is 5. The zero-order valence-corrected chi connectivity index (χ0v) is 29.3. The number of carbonyl (C=O) groups is 4. The van der Waals surface area contributed by atoms with Crippen LogP contribution >= 0.6 is 11.6 Å². The molecule has 5 heterocycles. The molecule has 53 heavy (non-hydrogen) atoms. The number of amidine groups is 1. The normalized spacial score (nSPS) is 21.0. The van der Waals surface area contributed by atoms with Crippen molar-refractivity contribution in [1.82, 2.24) is 30.2 Å². The standard InChI is InChI=1S/C36H36ClF3N8O5/c1-46(18-22-14-21-19-48(35(52)26(21)16-28(22)38)30-6-7-31(49)44-34(30)51)24-9-12-47(13-10-24)32-27(29-8-11-42-45-29)15-20(17-41-32)33(50)43-23-2-4-25(5-3-23)53-36(37,39)40/h2-5,8,11,14-16,20,24,30H,6-7,9-10,12-13,17-19H2,1H3,(H,42,45)(H,43,50)(H,44,49,51). The number of aromatic amines is 1. The lowest BCUT2D eigenvalue weighted by Gasteiger charge is -2.39. The Labute approximate surface area is 307 Å². The van der Waals surface area contributed by atoms with Crippen LogP contribution in [0.5, 0.6) is 5.75 Å². The SMILES string of the molecule is CN(Cc1cc2c(cc1F)C(=O)N(C1CCC(=O)NC1=O)C2)C1CCN(C2=NCC(C(=O)Nc3ccc(OC(F)(F)Cl)cc3)C=C2c2ccn[nH]2)CC1. The number of carbonyl (C=O) groups excluding carboxylic acids is 4. The van der Waals surface area contributed by atoms with Crippen LogP contribution in [0, 0.1) is 11.7 Å². The van der Waals surface area contributed by atoms with E-state index in [4.69, 9.17) is 16.6 Å². The van der Waals surface area contributed by atoms with E-state index in [0.717, 1.165) is 24.3 Å². The van der Waals surface area contributed by atoms with Gasteiger partial charge in [0.1, 0.15) is 23.4 Å². The van der Waals surface area contributed by atoms with Crippen LogP contribution < -0.4 is 15.4 Å². The van der Waals surface area contributed by atoms with E-state index in [1.165, 1.54) is 35.2 Å². The summed E-state index contributed by atoms with van der Waals surface area (Å²) in [4.78, 5) is 60.9. The third kappa shape index (κ3) is 7.93. The van der Waals surface area contributed by atoms with Crippen molar-refractivity contribution in [3.05, 3.63) is 82.9 Å². The molecule has 3 aromatic rings. The number of fused-ring (bicyclic) bond motifs is 1. The van der Waals surface area contributed by atoms with Crippen LogP contribution in [0.4, 0.5) is 18.9 Å². The first kappa shape index (κ1) is 36.2. The predicted octanol–water partition coefficient (Wildman–Crippen LogP) is 4.12. The Kier molecular flexibility index (Phi) is 10.00. The maximum atomic E-state index is 15.4. The fourth-order valence-corrected chi connectivity index (χ4v) is 7.39. The molecule has 2 fully saturated rings. The molecule has 4 aliphatic heterocycles. The number of alkyl halides is 3. The summed E-state index contributed by atoms with van der Waals surface area (Å²) < 4.78 is 45.6. The lowest BCUT2D eigenvalue weighted by Crippen LogP contribution is -2.52. The molecule has 4 amide bonds. The number of imide groups is 1. The van der Waals surface area contributed by atoms with Crippen molar-refractivity contribution >= 4 is 52.3 Å². The Bertz CT molecular complexity index is 1980. The number of halogens is 4. The molecule has 17 heteroatoms. The smallest absolute Gasteiger partial charge is 0.420 e. The molecule has 0 radical (unpaired) electrons. The number of aliphatic imine (C=N–C) groups is 1. The lowest BCUT2D eigenvalue weighted by molar-refractivity contribution is -0.137. The highest BCUT2D eigenvalue weighted by molar-refractivity contribution is 6.23. The molecule has 2 atom stereocenters. The van der Waals surface area contributed by atoms with Gasteiger partial charge in [-0.05, 0) is 74.3 Å². The maximum Gasteiger partial charge on any atom is 0.487 e. The largest absolute Gasteiger partial charge is 0.487 e. The topological polar surface area (TPSA) is 152 Å². The second-order valence-electron chi connectivity index (χ2n) is 13.5. The minimum atomic E-state index is -3.85. The molecule has 13 nitrogen and oxygen atoms in total. The third-order valence-electron chi connectivity index (χ3n) is 10.0. The number of rotatable bonds is 9. The third-order valence-corrected chi connectivity index (χ3v) is 10.1. The summed E-state index contributed by atoms with van der Waals surface area (Å²) in [6.45, 7) is 2.01. The predicted molar refractivity (Wildman–Crippen MR) is 187 cm³/mol. The monoisotopic (exact) mass is 752 g/mol. The van der Waals surface area contributed by atoms with Gasteiger partial charge in [0.05, 0.1) is 18.2 Å². The molecule has 0 saturated carbocycles. The fraction of sp³-hybridized carbons (Fsp3) is 0.389. The van der Waals surface area contributed by atoms with Crippen LogP contribution in [0.15, 0.2) is 59.7 Å². The molecule has 1 aromatic heterocycles. The first-order valence-corrected chi connectivity index (χ1v) is 17.5. The number of likely N-dealkylation sites (tertiary alicyclic amines) is 1. The van der Waals surface area contributed by atoms with Gasteiger partial charge in [0.15, 0.2) is 0 Å². The van der Waals surface area contributed by atoms with Crippen LogP contribution in [-0.4, -0.2) is 98.7 Å². The summed E-state index contributed by atoms with van der Waals surface area (Å²) in [5, 5.41) is 12.1. The van der Waals surface area contributed by atoms with Crippen molar-refractivity contribution < 1.29 is 37.1 Å². The number of piperidine rings is 2. The van der Waals surface area contributed by atoms with Crippen molar-refractivity contribution in [2.24, 2.45) is 10.9 Å². The molecule has 2 unspecified atom stereocenters. The van der Waals surface area contributed by atoms with Crippen LogP contribution in [0.1, 0.15) is 52.9 Å². The average Bonchev–Trinajstić information content (AvgIpc) is 3.77. The molecular formula is C36H36ClF3N8O5. The van der Waals surface area contributed by atoms with Crippen LogP contribution in [0.2, 0.25) is 0 Å². The first-order valence-electron chi connectivity index (χ1n) is 17.2. The highest BCUT2D eigenvalue weighted by Gasteiger charge is 2.40. The summed E-state index contributed by atoms with van der Waals surface area (Å²) >= 11 is 4.83. The molecular weight excluding hydrogens is 717 g/mol. The second kappa shape index (κ2) is 14.7. The number of anilines is 1. The van der Waals surface area contributed by atoms with Crippen molar-refractivity contribution in [3.63, 3.8) is 0 Å². The molecule has 0 aliphatic carbocycles. The summed E-state index contributed by atoms with van der Waals surface area (Å²) in [6, 6.07) is 9.55. The quantitative estimate of drug-likeness (QED) is 0.218. The Morgan fingerprint density at radius 3 is 2.55 bits per heavy atom. The highest BCUT2D eigenvalue weighted by Crippen LogP contribution is 2.32. The Hall–Kier alpha value is -5.22. The van der Waals surface area contributed by atoms with Gasteiger partial charge >= 0.3 is 5.57 Å². The van der Waals surface area contributed by atoms with Gasteiger partial charge in [0.25, 0.3) is 5.91 Å². The van der Waals surface area contributed by atoms with E-state index in [-0.39, 0.29) is 55.1 Å².